The molecule has 0 saturated heterocycles. The molecule has 0 N–H and O–H groups in total. The second-order valence-electron chi connectivity index (χ2n) is 3.99. The van der Waals surface area contributed by atoms with E-state index in [-0.39, 0.29) is 0 Å². The van der Waals surface area contributed by atoms with E-state index in [0.717, 1.165) is 17.5 Å². The van der Waals surface area contributed by atoms with Gasteiger partial charge in [-0.25, -0.2) is 0 Å². The summed E-state index contributed by atoms with van der Waals surface area (Å²) >= 11 is 13.0. The van der Waals surface area contributed by atoms with E-state index in [1.165, 1.54) is 5.56 Å². The average Bonchev–Trinajstić information content (AvgIpc) is 2.40. The predicted molar refractivity (Wildman–Crippen MR) is 74.7 cm³/mol. The van der Waals surface area contributed by atoms with Gasteiger partial charge in [0.25, 0.3) is 0 Å². The summed E-state index contributed by atoms with van der Waals surface area (Å²) in [5, 5.41) is 0. The fourth-order valence-electron chi connectivity index (χ4n) is 1.80. The van der Waals surface area contributed by atoms with Crippen LogP contribution in [0.4, 0.5) is 0 Å². The third-order valence-electron chi connectivity index (χ3n) is 2.83. The molecule has 0 fully saturated rings. The minimum atomic E-state index is -0.980. The Morgan fingerprint density at radius 1 is 0.882 bits per heavy atom. The van der Waals surface area contributed by atoms with Gasteiger partial charge in [-0.15, -0.1) is 0 Å². The number of benzene rings is 2. The van der Waals surface area contributed by atoms with Crippen molar-refractivity contribution in [2.24, 2.45) is 0 Å². The van der Waals surface area contributed by atoms with Crippen molar-refractivity contribution in [1.29, 1.82) is 0 Å². The summed E-state index contributed by atoms with van der Waals surface area (Å²) in [4.78, 5) is 0. The molecule has 0 bridgehead atoms. The summed E-state index contributed by atoms with van der Waals surface area (Å²) in [6, 6.07) is 17.8. The Kier molecular flexibility index (Phi) is 3.76. The van der Waals surface area contributed by atoms with Crippen LogP contribution >= 0.6 is 23.2 Å². The highest BCUT2D eigenvalue weighted by Crippen LogP contribution is 2.40. The predicted octanol–water partition coefficient (Wildman–Crippen LogP) is 4.93. The molecule has 0 nitrogen and oxygen atoms in total. The number of aryl methyl sites for hydroxylation is 1. The van der Waals surface area contributed by atoms with Crippen LogP contribution in [0.3, 0.4) is 0 Å². The Hall–Kier alpha value is -0.980. The molecule has 0 amide bonds. The zero-order valence-corrected chi connectivity index (χ0v) is 11.2. The van der Waals surface area contributed by atoms with E-state index in [0.29, 0.717) is 0 Å². The molecular formula is C15H14Cl2. The zero-order valence-electron chi connectivity index (χ0n) is 9.66. The first kappa shape index (κ1) is 12.5. The fraction of sp³-hybridized carbons (Fsp3) is 0.200. The zero-order chi connectivity index (χ0) is 12.3. The maximum Gasteiger partial charge on any atom is 0.168 e. The summed E-state index contributed by atoms with van der Waals surface area (Å²) in [6.45, 7) is 2.12. The van der Waals surface area contributed by atoms with Gasteiger partial charge in [0.2, 0.25) is 0 Å². The molecule has 2 rings (SSSR count). The largest absolute Gasteiger partial charge is 0.168 e. The minimum Gasteiger partial charge on any atom is -0.0909 e. The first-order valence-electron chi connectivity index (χ1n) is 5.67. The average molecular weight is 265 g/mol. The van der Waals surface area contributed by atoms with Crippen molar-refractivity contribution in [3.8, 4) is 0 Å². The van der Waals surface area contributed by atoms with Crippen molar-refractivity contribution < 1.29 is 0 Å². The molecule has 2 heteroatoms. The van der Waals surface area contributed by atoms with Crippen LogP contribution < -0.4 is 0 Å². The summed E-state index contributed by atoms with van der Waals surface area (Å²) in [5.41, 5.74) is 3.06. The topological polar surface area (TPSA) is 0 Å². The number of rotatable bonds is 3. The van der Waals surface area contributed by atoms with E-state index in [4.69, 9.17) is 23.2 Å². The molecule has 0 aromatic heterocycles. The van der Waals surface area contributed by atoms with Gasteiger partial charge < -0.3 is 0 Å². The Morgan fingerprint density at radius 3 is 2.18 bits per heavy atom. The van der Waals surface area contributed by atoms with Gasteiger partial charge in [-0.1, -0.05) is 84.7 Å². The second kappa shape index (κ2) is 5.12. The van der Waals surface area contributed by atoms with E-state index in [1.54, 1.807) is 0 Å². The standard InChI is InChI=1S/C15H14Cl2/c1-2-12-7-6-10-14(11-12)15(16,17)13-8-4-3-5-9-13/h3-11H,2H2,1H3. The van der Waals surface area contributed by atoms with Crippen molar-refractivity contribution in [3.05, 3.63) is 71.3 Å². The smallest absolute Gasteiger partial charge is 0.0909 e. The highest BCUT2D eigenvalue weighted by atomic mass is 35.5. The van der Waals surface area contributed by atoms with Crippen LogP contribution in [0.15, 0.2) is 54.6 Å². The summed E-state index contributed by atoms with van der Waals surface area (Å²) in [7, 11) is 0. The molecular weight excluding hydrogens is 251 g/mol. The van der Waals surface area contributed by atoms with Crippen LogP contribution in [0.25, 0.3) is 0 Å². The second-order valence-corrected chi connectivity index (χ2v) is 5.32. The van der Waals surface area contributed by atoms with Gasteiger partial charge in [-0.05, 0) is 23.1 Å². The highest BCUT2D eigenvalue weighted by Gasteiger charge is 2.28. The first-order valence-corrected chi connectivity index (χ1v) is 6.43. The monoisotopic (exact) mass is 264 g/mol. The van der Waals surface area contributed by atoms with Crippen LogP contribution in [-0.4, -0.2) is 0 Å². The highest BCUT2D eigenvalue weighted by molar-refractivity contribution is 6.50. The van der Waals surface area contributed by atoms with Crippen molar-refractivity contribution in [2.45, 2.75) is 17.7 Å². The van der Waals surface area contributed by atoms with Crippen LogP contribution in [0.2, 0.25) is 0 Å². The van der Waals surface area contributed by atoms with Gasteiger partial charge in [0.15, 0.2) is 4.33 Å². The Morgan fingerprint density at radius 2 is 1.53 bits per heavy atom. The summed E-state index contributed by atoms with van der Waals surface area (Å²) < 4.78 is -0.980. The molecule has 88 valence electrons. The normalized spacial score (nSPS) is 11.5. The maximum atomic E-state index is 6.48. The van der Waals surface area contributed by atoms with Gasteiger partial charge in [-0.2, -0.15) is 0 Å². The number of hydrogen-bond donors (Lipinski definition) is 0. The van der Waals surface area contributed by atoms with E-state index < -0.39 is 4.33 Å². The lowest BCUT2D eigenvalue weighted by molar-refractivity contribution is 1.02. The molecule has 0 radical (unpaired) electrons. The molecule has 0 aliphatic rings. The van der Waals surface area contributed by atoms with Gasteiger partial charge in [0.05, 0.1) is 0 Å². The quantitative estimate of drug-likeness (QED) is 0.690. The van der Waals surface area contributed by atoms with Gasteiger partial charge >= 0.3 is 0 Å². The van der Waals surface area contributed by atoms with E-state index in [9.17, 15) is 0 Å². The van der Waals surface area contributed by atoms with Gasteiger partial charge in [-0.3, -0.25) is 0 Å². The first-order chi connectivity index (χ1) is 8.14. The molecule has 0 saturated carbocycles. The van der Waals surface area contributed by atoms with Crippen LogP contribution in [0, 0.1) is 0 Å². The summed E-state index contributed by atoms with van der Waals surface area (Å²) in [5.74, 6) is 0. The SMILES string of the molecule is CCc1cccc(C(Cl)(Cl)c2ccccc2)c1. The molecule has 0 atom stereocenters. The molecule has 0 spiro atoms. The third-order valence-corrected chi connectivity index (χ3v) is 3.71. The number of alkyl halides is 2. The molecule has 2 aromatic rings. The van der Waals surface area contributed by atoms with E-state index in [2.05, 4.69) is 19.1 Å². The van der Waals surface area contributed by atoms with Crippen molar-refractivity contribution in [2.75, 3.05) is 0 Å². The van der Waals surface area contributed by atoms with Crippen LogP contribution in [-0.2, 0) is 10.8 Å². The lowest BCUT2D eigenvalue weighted by Gasteiger charge is -2.21. The lowest BCUT2D eigenvalue weighted by atomic mass is 10.0. The number of hydrogen-bond acceptors (Lipinski definition) is 0. The van der Waals surface area contributed by atoms with Gasteiger partial charge in [0, 0.05) is 0 Å². The Labute approximate surface area is 112 Å². The van der Waals surface area contributed by atoms with Crippen molar-refractivity contribution >= 4 is 23.2 Å². The summed E-state index contributed by atoms with van der Waals surface area (Å²) in [6.07, 6.45) is 0.979. The van der Waals surface area contributed by atoms with E-state index >= 15 is 0 Å². The Balaban J connectivity index is 2.44. The van der Waals surface area contributed by atoms with Crippen LogP contribution in [0.1, 0.15) is 23.6 Å². The molecule has 0 aliphatic heterocycles. The van der Waals surface area contributed by atoms with E-state index in [1.807, 2.05) is 42.5 Å². The third kappa shape index (κ3) is 2.65. The Bertz CT molecular complexity index is 489. The van der Waals surface area contributed by atoms with Crippen LogP contribution in [0.5, 0.6) is 0 Å². The molecule has 0 heterocycles. The van der Waals surface area contributed by atoms with Crippen molar-refractivity contribution in [3.63, 3.8) is 0 Å². The fourth-order valence-corrected chi connectivity index (χ4v) is 2.29. The molecule has 0 unspecified atom stereocenters. The van der Waals surface area contributed by atoms with Gasteiger partial charge in [0.1, 0.15) is 0 Å². The van der Waals surface area contributed by atoms with Crippen molar-refractivity contribution in [1.82, 2.24) is 0 Å². The molecule has 2 aromatic carbocycles. The maximum absolute atomic E-state index is 6.48. The minimum absolute atomic E-state index is 0.900. The molecule has 0 aliphatic carbocycles. The lowest BCUT2D eigenvalue weighted by Crippen LogP contribution is -2.12. The molecule has 17 heavy (non-hydrogen) atoms. The number of halogens is 2.